The SMILES string of the molecule is CC(=O)C1=CCC2C(C(=O)C3C(C)C4(C)C(=O)C(C(C)=O)=C(C)CC4(C)C(C)C3(C)C2C)C1C. The summed E-state index contributed by atoms with van der Waals surface area (Å²) >= 11 is 0. The minimum Gasteiger partial charge on any atom is -0.299 e. The first-order valence-corrected chi connectivity index (χ1v) is 13.1. The Morgan fingerprint density at radius 2 is 1.53 bits per heavy atom. The topological polar surface area (TPSA) is 68.3 Å². The van der Waals surface area contributed by atoms with Crippen molar-refractivity contribution in [3.05, 3.63) is 22.8 Å². The predicted molar refractivity (Wildman–Crippen MR) is 133 cm³/mol. The quantitative estimate of drug-likeness (QED) is 0.483. The van der Waals surface area contributed by atoms with Crippen LogP contribution in [-0.2, 0) is 19.2 Å². The van der Waals surface area contributed by atoms with Crippen LogP contribution in [0.25, 0.3) is 0 Å². The zero-order valence-corrected chi connectivity index (χ0v) is 22.7. The largest absolute Gasteiger partial charge is 0.299 e. The summed E-state index contributed by atoms with van der Waals surface area (Å²) in [4.78, 5) is 53.4. The smallest absolute Gasteiger partial charge is 0.173 e. The molecule has 4 aliphatic rings. The average Bonchev–Trinajstić information content (AvgIpc) is 2.73. The molecule has 0 N–H and O–H groups in total. The molecule has 0 spiro atoms. The van der Waals surface area contributed by atoms with E-state index in [1.54, 1.807) is 6.92 Å². The molecule has 4 heteroatoms. The summed E-state index contributed by atoms with van der Waals surface area (Å²) in [5, 5.41) is 0. The Balaban J connectivity index is 1.92. The Morgan fingerprint density at radius 3 is 2.06 bits per heavy atom. The minimum atomic E-state index is -0.795. The van der Waals surface area contributed by atoms with Crippen LogP contribution in [-0.4, -0.2) is 23.1 Å². The standard InChI is InChI=1S/C30H42O4/c1-14-13-28(8)20(7)29(9)16(3)22-12-11-21(18(5)31)15(2)24(22)26(33)25(29)17(4)30(28,10)27(34)23(14)19(6)32/h11,15-17,20,22,24-25H,12-13H2,1-10H3. The first kappa shape index (κ1) is 25.3. The van der Waals surface area contributed by atoms with Crippen LogP contribution in [0, 0.1) is 57.7 Å². The van der Waals surface area contributed by atoms with E-state index < -0.39 is 5.41 Å². The van der Waals surface area contributed by atoms with Gasteiger partial charge in [0, 0.05) is 17.3 Å². The lowest BCUT2D eigenvalue weighted by Crippen LogP contribution is -2.71. The molecule has 4 rings (SSSR count). The molecule has 0 saturated heterocycles. The molecule has 0 radical (unpaired) electrons. The van der Waals surface area contributed by atoms with Crippen molar-refractivity contribution < 1.29 is 19.2 Å². The van der Waals surface area contributed by atoms with Crippen LogP contribution in [0.1, 0.15) is 82.1 Å². The van der Waals surface area contributed by atoms with Gasteiger partial charge in [-0.1, -0.05) is 60.1 Å². The molecule has 0 heterocycles. The second kappa shape index (κ2) is 7.58. The van der Waals surface area contributed by atoms with Gasteiger partial charge in [0.1, 0.15) is 5.78 Å². The highest BCUT2D eigenvalue weighted by Gasteiger charge is 2.73. The van der Waals surface area contributed by atoms with E-state index in [2.05, 4.69) is 40.7 Å². The lowest BCUT2D eigenvalue weighted by atomic mass is 9.31. The van der Waals surface area contributed by atoms with Crippen molar-refractivity contribution in [3.8, 4) is 0 Å². The Labute approximate surface area is 205 Å². The fraction of sp³-hybridized carbons (Fsp3) is 0.733. The molecule has 4 nitrogen and oxygen atoms in total. The molecular formula is C30H42O4. The first-order valence-electron chi connectivity index (χ1n) is 13.1. The number of Topliss-reactive ketones (excluding diaryl/α,β-unsaturated/α-hetero) is 4. The van der Waals surface area contributed by atoms with Crippen LogP contribution in [0.5, 0.6) is 0 Å². The number of hydrogen-bond acceptors (Lipinski definition) is 4. The molecule has 2 saturated carbocycles. The van der Waals surface area contributed by atoms with Crippen LogP contribution in [0.4, 0.5) is 0 Å². The van der Waals surface area contributed by atoms with Gasteiger partial charge in [0.05, 0.1) is 5.57 Å². The van der Waals surface area contributed by atoms with Crippen molar-refractivity contribution in [2.75, 3.05) is 0 Å². The molecule has 0 aromatic carbocycles. The van der Waals surface area contributed by atoms with Crippen molar-refractivity contribution >= 4 is 23.1 Å². The molecule has 0 bridgehead atoms. The number of hydrogen-bond donors (Lipinski definition) is 0. The number of carbonyl (C=O) groups excluding carboxylic acids is 4. The Bertz CT molecular complexity index is 1060. The van der Waals surface area contributed by atoms with E-state index in [0.717, 1.165) is 17.6 Å². The Kier molecular flexibility index (Phi) is 5.63. The number of fused-ring (bicyclic) bond motifs is 3. The van der Waals surface area contributed by atoms with Crippen molar-refractivity contribution in [3.63, 3.8) is 0 Å². The Morgan fingerprint density at radius 1 is 0.941 bits per heavy atom. The summed E-state index contributed by atoms with van der Waals surface area (Å²) in [5.41, 5.74) is 0.623. The predicted octanol–water partition coefficient (Wildman–Crippen LogP) is 5.79. The molecule has 10 unspecified atom stereocenters. The van der Waals surface area contributed by atoms with Gasteiger partial charge in [-0.05, 0) is 79.6 Å². The third-order valence-electron chi connectivity index (χ3n) is 12.0. The molecule has 0 aromatic rings. The normalized spacial score (nSPS) is 48.5. The maximum Gasteiger partial charge on any atom is 0.173 e. The number of carbonyl (C=O) groups is 4. The van der Waals surface area contributed by atoms with E-state index in [1.165, 1.54) is 6.92 Å². The Hall–Kier alpha value is -1.84. The van der Waals surface area contributed by atoms with Crippen molar-refractivity contribution in [1.82, 2.24) is 0 Å². The molecular weight excluding hydrogens is 424 g/mol. The highest BCUT2D eigenvalue weighted by Crippen LogP contribution is 2.73. The second-order valence-electron chi connectivity index (χ2n) is 12.8. The van der Waals surface area contributed by atoms with Gasteiger partial charge in [0.15, 0.2) is 17.3 Å². The van der Waals surface area contributed by atoms with E-state index in [9.17, 15) is 19.2 Å². The molecule has 0 amide bonds. The molecule has 10 atom stereocenters. The molecule has 0 aliphatic heterocycles. The van der Waals surface area contributed by atoms with Gasteiger partial charge in [-0.25, -0.2) is 0 Å². The third-order valence-corrected chi connectivity index (χ3v) is 12.0. The van der Waals surface area contributed by atoms with Gasteiger partial charge in [-0.15, -0.1) is 0 Å². The highest BCUT2D eigenvalue weighted by molar-refractivity contribution is 6.22. The highest BCUT2D eigenvalue weighted by atomic mass is 16.2. The summed E-state index contributed by atoms with van der Waals surface area (Å²) in [5.74, 6) is -0.112. The lowest BCUT2D eigenvalue weighted by molar-refractivity contribution is -0.220. The summed E-state index contributed by atoms with van der Waals surface area (Å²) in [6.07, 6.45) is 3.55. The van der Waals surface area contributed by atoms with E-state index in [1.807, 2.05) is 20.8 Å². The average molecular weight is 467 g/mol. The fourth-order valence-corrected chi connectivity index (χ4v) is 9.65. The lowest BCUT2D eigenvalue weighted by Gasteiger charge is -2.71. The van der Waals surface area contributed by atoms with E-state index in [4.69, 9.17) is 0 Å². The fourth-order valence-electron chi connectivity index (χ4n) is 9.65. The third kappa shape index (κ3) is 2.72. The van der Waals surface area contributed by atoms with E-state index in [-0.39, 0.29) is 75.4 Å². The van der Waals surface area contributed by atoms with Crippen molar-refractivity contribution in [2.45, 2.75) is 82.1 Å². The van der Waals surface area contributed by atoms with E-state index >= 15 is 0 Å². The number of rotatable bonds is 2. The second-order valence-corrected chi connectivity index (χ2v) is 12.8. The maximum absolute atomic E-state index is 14.5. The van der Waals surface area contributed by atoms with Crippen LogP contribution in [0.15, 0.2) is 22.8 Å². The van der Waals surface area contributed by atoms with Crippen LogP contribution >= 0.6 is 0 Å². The summed E-state index contributed by atoms with van der Waals surface area (Å²) < 4.78 is 0. The van der Waals surface area contributed by atoms with Gasteiger partial charge in [-0.2, -0.15) is 0 Å². The molecule has 34 heavy (non-hydrogen) atoms. The number of allylic oxidation sites excluding steroid dienone is 4. The maximum atomic E-state index is 14.5. The van der Waals surface area contributed by atoms with E-state index in [0.29, 0.717) is 12.0 Å². The van der Waals surface area contributed by atoms with Crippen LogP contribution < -0.4 is 0 Å². The number of ketones is 4. The zero-order valence-electron chi connectivity index (χ0n) is 22.7. The first-order chi connectivity index (χ1) is 15.6. The van der Waals surface area contributed by atoms with Crippen LogP contribution in [0.2, 0.25) is 0 Å². The van der Waals surface area contributed by atoms with Crippen LogP contribution in [0.3, 0.4) is 0 Å². The zero-order chi connectivity index (χ0) is 25.7. The molecule has 186 valence electrons. The monoisotopic (exact) mass is 466 g/mol. The van der Waals surface area contributed by atoms with Gasteiger partial charge < -0.3 is 0 Å². The molecule has 4 aliphatic carbocycles. The van der Waals surface area contributed by atoms with Gasteiger partial charge >= 0.3 is 0 Å². The molecule has 0 aromatic heterocycles. The van der Waals surface area contributed by atoms with Crippen molar-refractivity contribution in [2.24, 2.45) is 57.7 Å². The summed E-state index contributed by atoms with van der Waals surface area (Å²) in [7, 11) is 0. The van der Waals surface area contributed by atoms with Gasteiger partial charge in [0.25, 0.3) is 0 Å². The summed E-state index contributed by atoms with van der Waals surface area (Å²) in [6, 6.07) is 0. The molecule has 2 fully saturated rings. The van der Waals surface area contributed by atoms with Gasteiger partial charge in [0.2, 0.25) is 0 Å². The van der Waals surface area contributed by atoms with Crippen molar-refractivity contribution in [1.29, 1.82) is 0 Å². The minimum absolute atomic E-state index is 0.0542. The summed E-state index contributed by atoms with van der Waals surface area (Å²) in [6.45, 7) is 20.3. The van der Waals surface area contributed by atoms with Gasteiger partial charge in [-0.3, -0.25) is 19.2 Å².